The second kappa shape index (κ2) is 8.41. The van der Waals surface area contributed by atoms with Crippen LogP contribution in [0.25, 0.3) is 32.9 Å². The fraction of sp³-hybridized carbons (Fsp3) is 0. The lowest BCUT2D eigenvalue weighted by molar-refractivity contribution is 1.29. The predicted molar refractivity (Wildman–Crippen MR) is 149 cm³/mol. The van der Waals surface area contributed by atoms with E-state index in [-0.39, 0.29) is 0 Å². The molecule has 1 heterocycles. The maximum atomic E-state index is 3.72. The van der Waals surface area contributed by atoms with Gasteiger partial charge in [0.1, 0.15) is 0 Å². The molecule has 5 aromatic carbocycles. The van der Waals surface area contributed by atoms with Crippen LogP contribution in [-0.4, -0.2) is 4.98 Å². The van der Waals surface area contributed by atoms with Crippen LogP contribution < -0.4 is 4.90 Å². The van der Waals surface area contributed by atoms with Gasteiger partial charge >= 0.3 is 0 Å². The average Bonchev–Trinajstić information content (AvgIpc) is 3.25. The summed E-state index contributed by atoms with van der Waals surface area (Å²) in [7, 11) is 0. The third kappa shape index (κ3) is 3.58. The molecule has 0 radical (unpaired) electrons. The highest BCUT2D eigenvalue weighted by molar-refractivity contribution is 14.1. The van der Waals surface area contributed by atoms with E-state index in [0.717, 1.165) is 28.1 Å². The summed E-state index contributed by atoms with van der Waals surface area (Å²) >= 11 is 2.43. The zero-order chi connectivity index (χ0) is 22.2. The first-order chi connectivity index (χ1) is 16.3. The van der Waals surface area contributed by atoms with Gasteiger partial charge in [-0.15, -0.1) is 0 Å². The van der Waals surface area contributed by atoms with E-state index in [1.807, 2.05) is 0 Å². The van der Waals surface area contributed by atoms with Crippen molar-refractivity contribution in [3.05, 3.63) is 125 Å². The lowest BCUT2D eigenvalue weighted by Crippen LogP contribution is -2.10. The van der Waals surface area contributed by atoms with Crippen LogP contribution in [0.1, 0.15) is 0 Å². The van der Waals surface area contributed by atoms with E-state index >= 15 is 0 Å². The van der Waals surface area contributed by atoms with Crippen LogP contribution in [0.5, 0.6) is 0 Å². The Morgan fingerprint density at radius 1 is 0.576 bits per heavy atom. The van der Waals surface area contributed by atoms with Crippen molar-refractivity contribution in [1.82, 2.24) is 4.98 Å². The van der Waals surface area contributed by atoms with Crippen molar-refractivity contribution in [1.29, 1.82) is 0 Å². The summed E-state index contributed by atoms with van der Waals surface area (Å²) in [5.41, 5.74) is 8.13. The highest BCUT2D eigenvalue weighted by Crippen LogP contribution is 2.43. The summed E-state index contributed by atoms with van der Waals surface area (Å²) < 4.78 is 1.24. The molecule has 3 heteroatoms. The normalized spacial score (nSPS) is 11.2. The number of para-hydroxylation sites is 3. The molecule has 0 aliphatic rings. The molecule has 0 fully saturated rings. The van der Waals surface area contributed by atoms with Crippen molar-refractivity contribution in [2.75, 3.05) is 4.90 Å². The lowest BCUT2D eigenvalue weighted by atomic mass is 10.0. The van der Waals surface area contributed by atoms with Gasteiger partial charge in [0.25, 0.3) is 0 Å². The minimum Gasteiger partial charge on any atom is -0.353 e. The molecule has 0 unspecified atom stereocenters. The van der Waals surface area contributed by atoms with Gasteiger partial charge in [0.2, 0.25) is 0 Å². The zero-order valence-corrected chi connectivity index (χ0v) is 20.0. The number of H-pyrrole nitrogens is 1. The number of hydrogen-bond donors (Lipinski definition) is 1. The molecule has 2 nitrogen and oxygen atoms in total. The fourth-order valence-electron chi connectivity index (χ4n) is 4.54. The SMILES string of the molecule is Ic1ccccc1-c1cc(N(c2ccccc2)c2ccccc2)c2[nH]c3ccccc3c2c1. The van der Waals surface area contributed by atoms with Crippen molar-refractivity contribution in [2.45, 2.75) is 0 Å². The Bertz CT molecular complexity index is 1530. The molecular weight excluding hydrogens is 515 g/mol. The van der Waals surface area contributed by atoms with Gasteiger partial charge in [0.05, 0.1) is 11.2 Å². The molecular formula is C30H21IN2. The van der Waals surface area contributed by atoms with Crippen molar-refractivity contribution in [3.8, 4) is 11.1 Å². The summed E-state index contributed by atoms with van der Waals surface area (Å²) in [6, 6.07) is 42.9. The number of fused-ring (bicyclic) bond motifs is 3. The van der Waals surface area contributed by atoms with Gasteiger partial charge in [-0.2, -0.15) is 0 Å². The van der Waals surface area contributed by atoms with Crippen LogP contribution in [0.15, 0.2) is 121 Å². The molecule has 0 saturated heterocycles. The topological polar surface area (TPSA) is 19.0 Å². The first-order valence-electron chi connectivity index (χ1n) is 11.0. The Morgan fingerprint density at radius 3 is 1.88 bits per heavy atom. The largest absolute Gasteiger partial charge is 0.353 e. The number of anilines is 3. The third-order valence-corrected chi connectivity index (χ3v) is 6.99. The van der Waals surface area contributed by atoms with Gasteiger partial charge in [0.15, 0.2) is 0 Å². The number of rotatable bonds is 4. The minimum atomic E-state index is 1.13. The maximum absolute atomic E-state index is 3.72. The van der Waals surface area contributed by atoms with Crippen molar-refractivity contribution in [3.63, 3.8) is 0 Å². The quantitative estimate of drug-likeness (QED) is 0.223. The highest BCUT2D eigenvalue weighted by atomic mass is 127. The molecule has 0 atom stereocenters. The molecule has 158 valence electrons. The van der Waals surface area contributed by atoms with Crippen LogP contribution in [0, 0.1) is 3.57 Å². The first kappa shape index (κ1) is 20.1. The Labute approximate surface area is 206 Å². The van der Waals surface area contributed by atoms with Crippen molar-refractivity contribution >= 4 is 61.5 Å². The maximum Gasteiger partial charge on any atom is 0.0710 e. The summed E-state index contributed by atoms with van der Waals surface area (Å²) in [5.74, 6) is 0. The van der Waals surface area contributed by atoms with E-state index in [0.29, 0.717) is 0 Å². The summed E-state index contributed by atoms with van der Waals surface area (Å²) in [6.45, 7) is 0. The smallest absolute Gasteiger partial charge is 0.0710 e. The van der Waals surface area contributed by atoms with E-state index < -0.39 is 0 Å². The first-order valence-corrected chi connectivity index (χ1v) is 12.1. The Hall–Kier alpha value is -3.57. The Kier molecular flexibility index (Phi) is 5.11. The van der Waals surface area contributed by atoms with E-state index in [9.17, 15) is 0 Å². The van der Waals surface area contributed by atoms with Crippen LogP contribution in [0.4, 0.5) is 17.1 Å². The molecule has 0 bridgehead atoms. The van der Waals surface area contributed by atoms with Gasteiger partial charge in [-0.1, -0.05) is 72.8 Å². The van der Waals surface area contributed by atoms with Gasteiger partial charge < -0.3 is 9.88 Å². The molecule has 0 aliphatic heterocycles. The van der Waals surface area contributed by atoms with E-state index in [1.54, 1.807) is 0 Å². The third-order valence-electron chi connectivity index (χ3n) is 6.05. The number of halogens is 1. The van der Waals surface area contributed by atoms with Crippen LogP contribution >= 0.6 is 22.6 Å². The van der Waals surface area contributed by atoms with Gasteiger partial charge in [-0.25, -0.2) is 0 Å². The second-order valence-electron chi connectivity index (χ2n) is 8.07. The van der Waals surface area contributed by atoms with Crippen molar-refractivity contribution in [2.24, 2.45) is 0 Å². The van der Waals surface area contributed by atoms with Crippen LogP contribution in [0.2, 0.25) is 0 Å². The van der Waals surface area contributed by atoms with Gasteiger partial charge in [-0.3, -0.25) is 0 Å². The lowest BCUT2D eigenvalue weighted by Gasteiger charge is -2.26. The van der Waals surface area contributed by atoms with E-state index in [1.165, 1.54) is 25.5 Å². The van der Waals surface area contributed by atoms with E-state index in [4.69, 9.17) is 0 Å². The van der Waals surface area contributed by atoms with Gasteiger partial charge in [0, 0.05) is 31.2 Å². The number of nitrogens with zero attached hydrogens (tertiary/aromatic N) is 1. The average molecular weight is 536 g/mol. The number of aromatic amines is 1. The molecule has 0 saturated carbocycles. The van der Waals surface area contributed by atoms with Crippen LogP contribution in [0.3, 0.4) is 0 Å². The number of benzene rings is 5. The molecule has 1 aromatic heterocycles. The molecule has 6 rings (SSSR count). The number of aromatic nitrogens is 1. The van der Waals surface area contributed by atoms with Crippen molar-refractivity contribution < 1.29 is 0 Å². The highest BCUT2D eigenvalue weighted by Gasteiger charge is 2.19. The predicted octanol–water partition coefficient (Wildman–Crippen LogP) is 9.06. The summed E-state index contributed by atoms with van der Waals surface area (Å²) in [6.07, 6.45) is 0. The standard InChI is InChI=1S/C30H21IN2/c31-27-17-9-7-15-24(27)21-19-26-25-16-8-10-18-28(25)32-30(26)29(20-21)33(22-11-3-1-4-12-22)23-13-5-2-6-14-23/h1-20,32H. The zero-order valence-electron chi connectivity index (χ0n) is 17.9. The second-order valence-corrected chi connectivity index (χ2v) is 9.24. The summed E-state index contributed by atoms with van der Waals surface area (Å²) in [4.78, 5) is 6.06. The van der Waals surface area contributed by atoms with Crippen LogP contribution in [-0.2, 0) is 0 Å². The summed E-state index contributed by atoms with van der Waals surface area (Å²) in [5, 5.41) is 2.47. The monoisotopic (exact) mass is 536 g/mol. The Morgan fingerprint density at radius 2 is 1.18 bits per heavy atom. The number of hydrogen-bond acceptors (Lipinski definition) is 1. The molecule has 1 N–H and O–H groups in total. The molecule has 0 aliphatic carbocycles. The van der Waals surface area contributed by atoms with E-state index in [2.05, 4.69) is 154 Å². The molecule has 33 heavy (non-hydrogen) atoms. The molecule has 0 spiro atoms. The minimum absolute atomic E-state index is 1.13. The molecule has 0 amide bonds. The number of nitrogens with one attached hydrogen (secondary N) is 1. The molecule has 6 aromatic rings. The fourth-order valence-corrected chi connectivity index (χ4v) is 5.24. The van der Waals surface area contributed by atoms with Gasteiger partial charge in [-0.05, 0) is 82.2 Å². The Balaban J connectivity index is 1.72.